The van der Waals surface area contributed by atoms with Gasteiger partial charge in [-0.05, 0) is 37.3 Å². The molecule has 3 aliphatic rings. The van der Waals surface area contributed by atoms with Gasteiger partial charge < -0.3 is 14.2 Å². The maximum absolute atomic E-state index is 12.2. The summed E-state index contributed by atoms with van der Waals surface area (Å²) in [6.07, 6.45) is 5.34. The molecule has 0 aromatic heterocycles. The molecule has 5 atom stereocenters. The number of hydrogen-bond donors (Lipinski definition) is 0. The molecule has 9 heteroatoms. The van der Waals surface area contributed by atoms with Gasteiger partial charge in [0.2, 0.25) is 11.6 Å². The van der Waals surface area contributed by atoms with Crippen LogP contribution in [0, 0.1) is 22.0 Å². The molecule has 0 amide bonds. The van der Waals surface area contributed by atoms with Gasteiger partial charge in [0.25, 0.3) is 5.69 Å². The zero-order valence-electron chi connectivity index (χ0n) is 17.9. The van der Waals surface area contributed by atoms with Gasteiger partial charge in [0, 0.05) is 37.3 Å². The maximum Gasteiger partial charge on any atom is 0.514 e. The van der Waals surface area contributed by atoms with Gasteiger partial charge in [-0.25, -0.2) is 4.79 Å². The van der Waals surface area contributed by atoms with Crippen LogP contribution in [0.1, 0.15) is 65.2 Å². The highest BCUT2D eigenvalue weighted by atomic mass is 17.3. The Bertz CT molecular complexity index is 814. The first kappa shape index (κ1) is 22.0. The van der Waals surface area contributed by atoms with Crippen molar-refractivity contribution in [1.82, 2.24) is 0 Å². The van der Waals surface area contributed by atoms with Gasteiger partial charge in [-0.2, -0.15) is 9.78 Å². The molecule has 2 aliphatic carbocycles. The minimum Gasteiger partial charge on any atom is -0.430 e. The third kappa shape index (κ3) is 4.68. The maximum atomic E-state index is 12.2. The van der Waals surface area contributed by atoms with Crippen molar-refractivity contribution >= 4 is 11.8 Å². The summed E-state index contributed by atoms with van der Waals surface area (Å²) >= 11 is 0. The smallest absolute Gasteiger partial charge is 0.430 e. The second-order valence-corrected chi connectivity index (χ2v) is 8.93. The van der Waals surface area contributed by atoms with E-state index in [0.29, 0.717) is 25.2 Å². The summed E-state index contributed by atoms with van der Waals surface area (Å²) in [5.74, 6) is -0.659. The monoisotopic (exact) mass is 435 g/mol. The van der Waals surface area contributed by atoms with Crippen LogP contribution in [0.25, 0.3) is 0 Å². The highest BCUT2D eigenvalue weighted by molar-refractivity contribution is 5.64. The lowest BCUT2D eigenvalue weighted by molar-refractivity contribution is -0.384. The van der Waals surface area contributed by atoms with Crippen LogP contribution in [0.4, 0.5) is 10.5 Å². The molecule has 0 bridgehead atoms. The molecule has 1 saturated heterocycles. The summed E-state index contributed by atoms with van der Waals surface area (Å²) in [6, 6.07) is 5.25. The van der Waals surface area contributed by atoms with Crippen LogP contribution in [-0.4, -0.2) is 28.8 Å². The molecule has 2 spiro atoms. The fraction of sp³-hybridized carbons (Fsp3) is 0.682. The summed E-state index contributed by atoms with van der Waals surface area (Å²) in [6.45, 7) is 4.32. The van der Waals surface area contributed by atoms with Crippen LogP contribution in [0.2, 0.25) is 0 Å². The Morgan fingerprint density at radius 1 is 1.26 bits per heavy atom. The number of nitro groups is 1. The fourth-order valence-corrected chi connectivity index (χ4v) is 5.06. The van der Waals surface area contributed by atoms with Crippen LogP contribution < -0.4 is 4.74 Å². The number of benzene rings is 1. The molecule has 1 aliphatic heterocycles. The topological polar surface area (TPSA) is 106 Å². The average Bonchev–Trinajstić information content (AvgIpc) is 3.22. The standard InChI is InChI=1S/C22H29NO8/c1-3-5-16-12-15(2)22(13-16)29-21(30-31-22)11-4-6-19(14-21)28-20(24)27-18-9-7-17(8-10-18)23(25)26/h7-10,15-16,19H,3-6,11-14H2,1-2H3. The number of carbonyl (C=O) groups excluding carboxylic acids is 1. The van der Waals surface area contributed by atoms with Crippen LogP contribution in [-0.2, 0) is 19.2 Å². The molecular weight excluding hydrogens is 406 g/mol. The molecule has 4 rings (SSSR count). The number of nitrogens with zero attached hydrogens (tertiary/aromatic N) is 1. The van der Waals surface area contributed by atoms with Crippen LogP contribution in [0.15, 0.2) is 24.3 Å². The zero-order valence-corrected chi connectivity index (χ0v) is 17.9. The van der Waals surface area contributed by atoms with Gasteiger partial charge in [-0.1, -0.05) is 26.7 Å². The molecular formula is C22H29NO8. The molecule has 1 aromatic carbocycles. The lowest BCUT2D eigenvalue weighted by atomic mass is 9.91. The third-order valence-electron chi connectivity index (χ3n) is 6.54. The molecule has 0 N–H and O–H groups in total. The first-order chi connectivity index (χ1) is 14.8. The normalized spacial score (nSPS) is 34.8. The summed E-state index contributed by atoms with van der Waals surface area (Å²) in [4.78, 5) is 34.0. The van der Waals surface area contributed by atoms with E-state index in [9.17, 15) is 14.9 Å². The van der Waals surface area contributed by atoms with Crippen LogP contribution in [0.3, 0.4) is 0 Å². The average molecular weight is 435 g/mol. The third-order valence-corrected chi connectivity index (χ3v) is 6.54. The molecule has 3 fully saturated rings. The van der Waals surface area contributed by atoms with E-state index in [0.717, 1.165) is 32.1 Å². The van der Waals surface area contributed by atoms with E-state index in [1.165, 1.54) is 24.3 Å². The van der Waals surface area contributed by atoms with E-state index in [1.807, 2.05) is 0 Å². The Kier molecular flexibility index (Phi) is 6.18. The van der Waals surface area contributed by atoms with Crippen molar-refractivity contribution in [1.29, 1.82) is 0 Å². The van der Waals surface area contributed by atoms with Crippen LogP contribution in [0.5, 0.6) is 5.75 Å². The highest BCUT2D eigenvalue weighted by Gasteiger charge is 2.60. The molecule has 0 radical (unpaired) electrons. The zero-order chi connectivity index (χ0) is 22.1. The molecule has 9 nitrogen and oxygen atoms in total. The Morgan fingerprint density at radius 2 is 2.03 bits per heavy atom. The minimum atomic E-state index is -0.911. The van der Waals surface area contributed by atoms with E-state index in [1.54, 1.807) is 0 Å². The lowest BCUT2D eigenvalue weighted by Crippen LogP contribution is -2.44. The van der Waals surface area contributed by atoms with Gasteiger partial charge in [-0.15, -0.1) is 0 Å². The quantitative estimate of drug-likeness (QED) is 0.202. The fourth-order valence-electron chi connectivity index (χ4n) is 5.06. The predicted molar refractivity (Wildman–Crippen MR) is 108 cm³/mol. The lowest BCUT2D eigenvalue weighted by Gasteiger charge is -2.35. The summed E-state index contributed by atoms with van der Waals surface area (Å²) in [5.41, 5.74) is -0.0817. The van der Waals surface area contributed by atoms with E-state index < -0.39 is 28.8 Å². The summed E-state index contributed by atoms with van der Waals surface area (Å²) in [7, 11) is 0. The Morgan fingerprint density at radius 3 is 2.74 bits per heavy atom. The number of hydrogen-bond acceptors (Lipinski definition) is 8. The summed E-state index contributed by atoms with van der Waals surface area (Å²) < 4.78 is 17.1. The number of carbonyl (C=O) groups is 1. The SMILES string of the molecule is CCCC1CC(C)C2(C1)OOC1(CCCC(OC(=O)Oc3ccc([N+](=O)[O-])cc3)C1)O2. The minimum absolute atomic E-state index is 0.0817. The number of ether oxygens (including phenoxy) is 3. The van der Waals surface area contributed by atoms with Crippen LogP contribution >= 0.6 is 0 Å². The summed E-state index contributed by atoms with van der Waals surface area (Å²) in [5, 5.41) is 10.7. The van der Waals surface area contributed by atoms with E-state index >= 15 is 0 Å². The van der Waals surface area contributed by atoms with E-state index in [2.05, 4.69) is 13.8 Å². The van der Waals surface area contributed by atoms with E-state index in [4.69, 9.17) is 24.0 Å². The highest BCUT2D eigenvalue weighted by Crippen LogP contribution is 2.54. The van der Waals surface area contributed by atoms with Gasteiger partial charge >= 0.3 is 6.16 Å². The predicted octanol–water partition coefficient (Wildman–Crippen LogP) is 5.27. The molecule has 31 heavy (non-hydrogen) atoms. The molecule has 1 heterocycles. The van der Waals surface area contributed by atoms with Crippen molar-refractivity contribution in [3.05, 3.63) is 34.4 Å². The number of non-ortho nitro benzene ring substituents is 1. The first-order valence-electron chi connectivity index (χ1n) is 11.0. The second-order valence-electron chi connectivity index (χ2n) is 8.93. The first-order valence-corrected chi connectivity index (χ1v) is 11.0. The number of nitro benzene ring substituents is 1. The van der Waals surface area contributed by atoms with Gasteiger partial charge in [0.15, 0.2) is 0 Å². The molecule has 1 aromatic rings. The van der Waals surface area contributed by atoms with Crippen molar-refractivity contribution in [3.63, 3.8) is 0 Å². The van der Waals surface area contributed by atoms with E-state index in [-0.39, 0.29) is 17.4 Å². The van der Waals surface area contributed by atoms with Crippen molar-refractivity contribution in [2.45, 2.75) is 82.9 Å². The molecule has 5 unspecified atom stereocenters. The molecule has 2 saturated carbocycles. The largest absolute Gasteiger partial charge is 0.514 e. The van der Waals surface area contributed by atoms with Gasteiger partial charge in [-0.3, -0.25) is 10.1 Å². The number of rotatable bonds is 5. The van der Waals surface area contributed by atoms with Crippen molar-refractivity contribution in [2.24, 2.45) is 11.8 Å². The second kappa shape index (κ2) is 8.72. The Labute approximate surface area is 181 Å². The van der Waals surface area contributed by atoms with Gasteiger partial charge in [0.1, 0.15) is 11.9 Å². The molecule has 170 valence electrons. The van der Waals surface area contributed by atoms with Crippen molar-refractivity contribution < 1.29 is 33.7 Å². The van der Waals surface area contributed by atoms with Crippen molar-refractivity contribution in [3.8, 4) is 5.75 Å². The van der Waals surface area contributed by atoms with Gasteiger partial charge in [0.05, 0.1) is 4.92 Å². The van der Waals surface area contributed by atoms with Crippen molar-refractivity contribution in [2.75, 3.05) is 0 Å². The Balaban J connectivity index is 1.33. The Hall–Kier alpha value is -2.23.